The van der Waals surface area contributed by atoms with Crippen LogP contribution < -0.4 is 10.6 Å². The van der Waals surface area contributed by atoms with Gasteiger partial charge >= 0.3 is 6.18 Å². The zero-order valence-electron chi connectivity index (χ0n) is 14.9. The van der Waals surface area contributed by atoms with E-state index in [1.54, 1.807) is 0 Å². The molecule has 150 valence electrons. The maximum Gasteiger partial charge on any atom is 0.391 e. The van der Waals surface area contributed by atoms with Gasteiger partial charge in [-0.2, -0.15) is 18.4 Å². The second-order valence-electron chi connectivity index (χ2n) is 6.35. The highest BCUT2D eigenvalue weighted by Crippen LogP contribution is 2.37. The molecular weight excluding hydrogens is 475 g/mol. The van der Waals surface area contributed by atoms with Crippen LogP contribution in [0.15, 0.2) is 23.2 Å². The number of nitriles is 1. The molecule has 0 saturated heterocycles. The Morgan fingerprint density at radius 3 is 2.48 bits per heavy atom. The summed E-state index contributed by atoms with van der Waals surface area (Å²) in [5.41, 5.74) is 0.641. The van der Waals surface area contributed by atoms with E-state index >= 15 is 0 Å². The first-order valence-corrected chi connectivity index (χ1v) is 8.63. The third-order valence-electron chi connectivity index (χ3n) is 4.46. The molecule has 0 aliphatic heterocycles. The fraction of sp³-hybridized carbons (Fsp3) is 0.556. The summed E-state index contributed by atoms with van der Waals surface area (Å²) < 4.78 is 52.1. The van der Waals surface area contributed by atoms with E-state index in [1.165, 1.54) is 18.2 Å². The van der Waals surface area contributed by atoms with E-state index < -0.39 is 17.9 Å². The van der Waals surface area contributed by atoms with Gasteiger partial charge in [0, 0.05) is 18.2 Å². The Morgan fingerprint density at radius 2 is 1.93 bits per heavy atom. The van der Waals surface area contributed by atoms with Crippen molar-refractivity contribution >= 4 is 29.9 Å². The largest absolute Gasteiger partial charge is 0.391 e. The third-order valence-corrected chi connectivity index (χ3v) is 4.46. The minimum absolute atomic E-state index is 0. The van der Waals surface area contributed by atoms with Crippen molar-refractivity contribution in [3.8, 4) is 6.07 Å². The lowest BCUT2D eigenvalue weighted by Gasteiger charge is -2.31. The molecule has 0 spiro atoms. The second-order valence-corrected chi connectivity index (χ2v) is 6.35. The van der Waals surface area contributed by atoms with Crippen LogP contribution in [0.1, 0.15) is 43.7 Å². The van der Waals surface area contributed by atoms with E-state index in [2.05, 4.69) is 15.6 Å². The van der Waals surface area contributed by atoms with Gasteiger partial charge in [-0.15, -0.1) is 24.0 Å². The molecule has 2 N–H and O–H groups in total. The first-order valence-electron chi connectivity index (χ1n) is 8.63. The molecule has 9 heteroatoms. The molecule has 1 aromatic rings. The zero-order valence-corrected chi connectivity index (χ0v) is 17.3. The number of alkyl halides is 3. The first kappa shape index (κ1) is 23.5. The predicted octanol–water partition coefficient (Wildman–Crippen LogP) is 4.49. The molecule has 0 unspecified atom stereocenters. The van der Waals surface area contributed by atoms with Gasteiger partial charge in [-0.25, -0.2) is 9.38 Å². The zero-order chi connectivity index (χ0) is 19.2. The number of rotatable bonds is 4. The Morgan fingerprint density at radius 1 is 1.26 bits per heavy atom. The summed E-state index contributed by atoms with van der Waals surface area (Å²) in [4.78, 5) is 4.30. The molecule has 1 aliphatic rings. The van der Waals surface area contributed by atoms with Gasteiger partial charge in [0.15, 0.2) is 5.96 Å². The summed E-state index contributed by atoms with van der Waals surface area (Å²) in [6.45, 7) is 2.48. The quantitative estimate of drug-likeness (QED) is 0.279. The minimum Gasteiger partial charge on any atom is -0.357 e. The van der Waals surface area contributed by atoms with Crippen LogP contribution in [0.4, 0.5) is 17.6 Å². The van der Waals surface area contributed by atoms with Crippen molar-refractivity contribution in [1.29, 1.82) is 5.26 Å². The maximum absolute atomic E-state index is 13.8. The second kappa shape index (κ2) is 10.7. The van der Waals surface area contributed by atoms with E-state index in [-0.39, 0.29) is 49.4 Å². The summed E-state index contributed by atoms with van der Waals surface area (Å²) in [6.07, 6.45) is -3.12. The Bertz CT molecular complexity index is 677. The van der Waals surface area contributed by atoms with Crippen LogP contribution in [0.5, 0.6) is 0 Å². The Labute approximate surface area is 173 Å². The van der Waals surface area contributed by atoms with Crippen LogP contribution in [0, 0.1) is 23.1 Å². The summed E-state index contributed by atoms with van der Waals surface area (Å²) in [5.74, 6) is -1.25. The van der Waals surface area contributed by atoms with Gasteiger partial charge in [0.1, 0.15) is 5.82 Å². The molecule has 0 radical (unpaired) electrons. The first-order chi connectivity index (χ1) is 12.3. The van der Waals surface area contributed by atoms with Crippen molar-refractivity contribution in [1.82, 2.24) is 10.6 Å². The Balaban J connectivity index is 0.00000364. The van der Waals surface area contributed by atoms with Crippen LogP contribution in [-0.2, 0) is 6.54 Å². The lowest BCUT2D eigenvalue weighted by atomic mass is 9.85. The highest BCUT2D eigenvalue weighted by atomic mass is 127. The number of hydrogen-bond acceptors (Lipinski definition) is 2. The molecule has 1 saturated carbocycles. The highest BCUT2D eigenvalue weighted by Gasteiger charge is 2.41. The highest BCUT2D eigenvalue weighted by molar-refractivity contribution is 14.0. The van der Waals surface area contributed by atoms with Crippen LogP contribution >= 0.6 is 24.0 Å². The molecular formula is C18H23F4IN4. The SMILES string of the molecule is CCNC(=NCc1cc(C#N)ccc1F)NC1CCC(C(F)(F)F)CC1.I. The topological polar surface area (TPSA) is 60.2 Å². The number of benzene rings is 1. The van der Waals surface area contributed by atoms with E-state index in [0.717, 1.165) is 0 Å². The van der Waals surface area contributed by atoms with Gasteiger partial charge in [-0.3, -0.25) is 0 Å². The van der Waals surface area contributed by atoms with E-state index in [0.29, 0.717) is 36.5 Å². The summed E-state index contributed by atoms with van der Waals surface area (Å²) in [7, 11) is 0. The molecule has 1 aliphatic carbocycles. The Kier molecular flexibility index (Phi) is 9.29. The van der Waals surface area contributed by atoms with E-state index in [9.17, 15) is 17.6 Å². The molecule has 0 amide bonds. The number of aliphatic imine (C=N–C) groups is 1. The molecule has 0 atom stereocenters. The van der Waals surface area contributed by atoms with Crippen molar-refractivity contribution in [3.63, 3.8) is 0 Å². The summed E-state index contributed by atoms with van der Waals surface area (Å²) >= 11 is 0. The standard InChI is InChI=1S/C18H22F4N4.HI/c1-2-24-17(25-11-13-9-12(10-23)3-8-16(13)19)26-15-6-4-14(5-7-15)18(20,21)22;/h3,8-9,14-15H,2,4-7,11H2,1H3,(H2,24,25,26);1H. The number of nitrogens with zero attached hydrogens (tertiary/aromatic N) is 2. The molecule has 0 bridgehead atoms. The lowest BCUT2D eigenvalue weighted by molar-refractivity contribution is -0.182. The molecule has 27 heavy (non-hydrogen) atoms. The third kappa shape index (κ3) is 7.16. The average molecular weight is 498 g/mol. The monoisotopic (exact) mass is 498 g/mol. The molecule has 1 aromatic carbocycles. The van der Waals surface area contributed by atoms with Gasteiger partial charge in [-0.1, -0.05) is 0 Å². The van der Waals surface area contributed by atoms with Gasteiger partial charge in [0.05, 0.1) is 24.1 Å². The van der Waals surface area contributed by atoms with Crippen LogP contribution in [0.3, 0.4) is 0 Å². The number of nitrogens with one attached hydrogen (secondary N) is 2. The average Bonchev–Trinajstić information content (AvgIpc) is 2.60. The number of halogens is 5. The molecule has 1 fully saturated rings. The van der Waals surface area contributed by atoms with Crippen LogP contribution in [0.2, 0.25) is 0 Å². The summed E-state index contributed by atoms with van der Waals surface area (Å²) in [5, 5.41) is 15.0. The van der Waals surface area contributed by atoms with Gasteiger partial charge in [0.2, 0.25) is 0 Å². The van der Waals surface area contributed by atoms with Crippen molar-refractivity contribution in [2.75, 3.05) is 6.54 Å². The fourth-order valence-corrected chi connectivity index (χ4v) is 3.01. The molecule has 2 rings (SSSR count). The summed E-state index contributed by atoms with van der Waals surface area (Å²) in [6, 6.07) is 5.92. The van der Waals surface area contributed by atoms with E-state index in [1.807, 2.05) is 13.0 Å². The smallest absolute Gasteiger partial charge is 0.357 e. The maximum atomic E-state index is 13.8. The fourth-order valence-electron chi connectivity index (χ4n) is 3.01. The van der Waals surface area contributed by atoms with Gasteiger partial charge in [-0.05, 0) is 50.8 Å². The van der Waals surface area contributed by atoms with Crippen molar-refractivity contribution in [2.45, 2.75) is 51.4 Å². The van der Waals surface area contributed by atoms with Crippen molar-refractivity contribution < 1.29 is 17.6 Å². The van der Waals surface area contributed by atoms with Crippen molar-refractivity contribution in [2.24, 2.45) is 10.9 Å². The van der Waals surface area contributed by atoms with Crippen LogP contribution in [-0.4, -0.2) is 24.7 Å². The lowest BCUT2D eigenvalue weighted by Crippen LogP contribution is -2.45. The van der Waals surface area contributed by atoms with Crippen molar-refractivity contribution in [3.05, 3.63) is 35.1 Å². The molecule has 0 aromatic heterocycles. The molecule has 4 nitrogen and oxygen atoms in total. The Hall–Kier alpha value is -1.57. The van der Waals surface area contributed by atoms with Gasteiger partial charge in [0.25, 0.3) is 0 Å². The number of guanidine groups is 1. The predicted molar refractivity (Wildman–Crippen MR) is 106 cm³/mol. The molecule has 0 heterocycles. The normalized spacial score (nSPS) is 20.4. The minimum atomic E-state index is -4.13. The van der Waals surface area contributed by atoms with E-state index in [4.69, 9.17) is 5.26 Å². The number of hydrogen-bond donors (Lipinski definition) is 2. The van der Waals surface area contributed by atoms with Crippen LogP contribution in [0.25, 0.3) is 0 Å². The van der Waals surface area contributed by atoms with Gasteiger partial charge < -0.3 is 10.6 Å².